The zero-order valence-electron chi connectivity index (χ0n) is 14.1. The Morgan fingerprint density at radius 3 is 2.41 bits per heavy atom. The lowest BCUT2D eigenvalue weighted by Crippen LogP contribution is -2.35. The molecule has 2 rings (SSSR count). The molecule has 0 bridgehead atoms. The molecule has 1 amide bonds. The van der Waals surface area contributed by atoms with Gasteiger partial charge in [-0.05, 0) is 23.3 Å². The Kier molecular flexibility index (Phi) is 6.65. The van der Waals surface area contributed by atoms with Crippen LogP contribution in [-0.4, -0.2) is 29.0 Å². The number of benzene rings is 2. The van der Waals surface area contributed by atoms with Crippen molar-refractivity contribution in [2.75, 3.05) is 12.3 Å². The highest BCUT2D eigenvalue weighted by molar-refractivity contribution is 5.67. The molecular weight excluding hydrogens is 365 g/mol. The Morgan fingerprint density at radius 2 is 1.81 bits per heavy atom. The van der Waals surface area contributed by atoms with E-state index in [0.717, 1.165) is 23.8 Å². The molecule has 2 atom stereocenters. The molecule has 0 aromatic heterocycles. The maximum Gasteiger partial charge on any atom is 0.418 e. The number of aliphatic hydroxyl groups excluding tert-OH is 2. The van der Waals surface area contributed by atoms with Gasteiger partial charge in [-0.3, -0.25) is 0 Å². The molecule has 0 aliphatic rings. The molecule has 0 saturated heterocycles. The number of nitrogens with one attached hydrogen (secondary N) is 1. The molecule has 2 aromatic rings. The number of ether oxygens (including phenoxy) is 1. The third kappa shape index (κ3) is 5.87. The van der Waals surface area contributed by atoms with Crippen LogP contribution in [-0.2, 0) is 17.5 Å². The maximum absolute atomic E-state index is 12.7. The Hall–Kier alpha value is -2.78. The average molecular weight is 384 g/mol. The van der Waals surface area contributed by atoms with Gasteiger partial charge in [0.2, 0.25) is 0 Å². The predicted molar refractivity (Wildman–Crippen MR) is 91.5 cm³/mol. The zero-order valence-corrected chi connectivity index (χ0v) is 14.1. The summed E-state index contributed by atoms with van der Waals surface area (Å²) >= 11 is 0. The number of nitrogens with two attached hydrogens (primary N) is 1. The van der Waals surface area contributed by atoms with Gasteiger partial charge in [-0.25, -0.2) is 4.79 Å². The fourth-order valence-corrected chi connectivity index (χ4v) is 2.32. The molecule has 0 spiro atoms. The number of amides is 1. The maximum atomic E-state index is 12.7. The van der Waals surface area contributed by atoms with Crippen molar-refractivity contribution in [3.63, 3.8) is 0 Å². The van der Waals surface area contributed by atoms with Crippen LogP contribution >= 0.6 is 0 Å². The van der Waals surface area contributed by atoms with Gasteiger partial charge in [-0.1, -0.05) is 36.4 Å². The molecule has 2 aromatic carbocycles. The first-order valence-electron chi connectivity index (χ1n) is 7.96. The van der Waals surface area contributed by atoms with E-state index in [-0.39, 0.29) is 18.7 Å². The van der Waals surface area contributed by atoms with E-state index in [1.807, 2.05) is 6.07 Å². The molecule has 27 heavy (non-hydrogen) atoms. The van der Waals surface area contributed by atoms with Crippen molar-refractivity contribution >= 4 is 11.8 Å². The van der Waals surface area contributed by atoms with Crippen molar-refractivity contribution in [1.82, 2.24) is 5.32 Å². The topological polar surface area (TPSA) is 105 Å². The number of aliphatic hydroxyl groups is 2. The van der Waals surface area contributed by atoms with E-state index in [1.54, 1.807) is 24.3 Å². The van der Waals surface area contributed by atoms with Crippen molar-refractivity contribution in [3.8, 4) is 0 Å². The number of carbonyl (C=O) groups excluding carboxylic acids is 1. The van der Waals surface area contributed by atoms with Gasteiger partial charge < -0.3 is 26.0 Å². The molecule has 0 radical (unpaired) electrons. The van der Waals surface area contributed by atoms with Gasteiger partial charge in [-0.2, -0.15) is 13.2 Å². The number of hydrogen-bond acceptors (Lipinski definition) is 5. The Morgan fingerprint density at radius 1 is 1.15 bits per heavy atom. The van der Waals surface area contributed by atoms with Crippen LogP contribution in [0.25, 0.3) is 0 Å². The second-order valence-corrected chi connectivity index (χ2v) is 5.80. The molecule has 0 fully saturated rings. The summed E-state index contributed by atoms with van der Waals surface area (Å²) in [7, 11) is 0. The van der Waals surface area contributed by atoms with Crippen LogP contribution in [0.2, 0.25) is 0 Å². The van der Waals surface area contributed by atoms with Crippen molar-refractivity contribution in [3.05, 3.63) is 65.2 Å². The zero-order chi connectivity index (χ0) is 20.0. The molecule has 0 aliphatic heterocycles. The lowest BCUT2D eigenvalue weighted by atomic mass is 10.0. The minimum Gasteiger partial charge on any atom is -0.445 e. The summed E-state index contributed by atoms with van der Waals surface area (Å²) in [6, 6.07) is 11.6. The molecule has 6 nitrogen and oxygen atoms in total. The Labute approximate surface area is 153 Å². The lowest BCUT2D eigenvalue weighted by Gasteiger charge is -2.20. The number of halogens is 3. The smallest absolute Gasteiger partial charge is 0.418 e. The van der Waals surface area contributed by atoms with Gasteiger partial charge in [0, 0.05) is 12.2 Å². The fourth-order valence-electron chi connectivity index (χ4n) is 2.32. The third-order valence-electron chi connectivity index (χ3n) is 3.76. The Balaban J connectivity index is 1.87. The predicted octanol–water partition coefficient (Wildman–Crippen LogP) is 2.61. The average Bonchev–Trinajstić information content (AvgIpc) is 2.63. The summed E-state index contributed by atoms with van der Waals surface area (Å²) in [6.07, 6.45) is -8.43. The number of anilines is 1. The highest BCUT2D eigenvalue weighted by atomic mass is 19.4. The number of rotatable bonds is 6. The van der Waals surface area contributed by atoms with Crippen LogP contribution in [0.15, 0.2) is 48.5 Å². The molecule has 9 heteroatoms. The monoisotopic (exact) mass is 384 g/mol. The summed E-state index contributed by atoms with van der Waals surface area (Å²) in [5.74, 6) is 0. The SMILES string of the molecule is Nc1cc(C(O)C(O)CNC(=O)OCc2ccccc2)ccc1C(F)(F)F. The van der Waals surface area contributed by atoms with E-state index in [4.69, 9.17) is 10.5 Å². The van der Waals surface area contributed by atoms with Crippen molar-refractivity contribution in [2.45, 2.75) is 25.0 Å². The second-order valence-electron chi connectivity index (χ2n) is 5.80. The number of carbonyl (C=O) groups is 1. The van der Waals surface area contributed by atoms with Gasteiger partial charge >= 0.3 is 12.3 Å². The largest absolute Gasteiger partial charge is 0.445 e. The van der Waals surface area contributed by atoms with E-state index < -0.39 is 35.7 Å². The van der Waals surface area contributed by atoms with Crippen LogP contribution in [0.5, 0.6) is 0 Å². The molecule has 2 unspecified atom stereocenters. The lowest BCUT2D eigenvalue weighted by molar-refractivity contribution is -0.136. The summed E-state index contributed by atoms with van der Waals surface area (Å²) < 4.78 is 43.0. The highest BCUT2D eigenvalue weighted by Gasteiger charge is 2.33. The first-order valence-corrected chi connectivity index (χ1v) is 7.96. The van der Waals surface area contributed by atoms with Gasteiger partial charge in [0.05, 0.1) is 5.56 Å². The highest BCUT2D eigenvalue weighted by Crippen LogP contribution is 2.35. The number of nitrogen functional groups attached to an aromatic ring is 1. The first kappa shape index (κ1) is 20.5. The minimum atomic E-state index is -4.61. The van der Waals surface area contributed by atoms with Crippen LogP contribution in [0.1, 0.15) is 22.8 Å². The van der Waals surface area contributed by atoms with Crippen LogP contribution in [0, 0.1) is 0 Å². The molecule has 0 heterocycles. The molecule has 5 N–H and O–H groups in total. The second kappa shape index (κ2) is 8.74. The van der Waals surface area contributed by atoms with Crippen LogP contribution < -0.4 is 11.1 Å². The van der Waals surface area contributed by atoms with Gasteiger partial charge in [-0.15, -0.1) is 0 Å². The fraction of sp³-hybridized carbons (Fsp3) is 0.278. The summed E-state index contributed by atoms with van der Waals surface area (Å²) in [6.45, 7) is -0.337. The van der Waals surface area contributed by atoms with E-state index in [9.17, 15) is 28.2 Å². The van der Waals surface area contributed by atoms with E-state index in [2.05, 4.69) is 5.32 Å². The van der Waals surface area contributed by atoms with Crippen LogP contribution in [0.4, 0.5) is 23.7 Å². The van der Waals surface area contributed by atoms with E-state index in [0.29, 0.717) is 0 Å². The molecule has 0 saturated carbocycles. The van der Waals surface area contributed by atoms with Crippen molar-refractivity contribution in [2.24, 2.45) is 0 Å². The van der Waals surface area contributed by atoms with Gasteiger partial charge in [0.15, 0.2) is 0 Å². The minimum absolute atomic E-state index is 0.00699. The molecule has 146 valence electrons. The first-order chi connectivity index (χ1) is 12.7. The summed E-state index contributed by atoms with van der Waals surface area (Å²) in [5.41, 5.74) is 4.52. The standard InChI is InChI=1S/C18H19F3N2O4/c19-18(20,21)13-7-6-12(8-14(13)22)16(25)15(24)9-23-17(26)27-10-11-4-2-1-3-5-11/h1-8,15-16,24-25H,9-10,22H2,(H,23,26). The number of alkyl carbamates (subject to hydrolysis) is 1. The normalized spacial score (nSPS) is 13.7. The Bertz CT molecular complexity index is 769. The van der Waals surface area contributed by atoms with Gasteiger partial charge in [0.1, 0.15) is 18.8 Å². The van der Waals surface area contributed by atoms with E-state index in [1.165, 1.54) is 0 Å². The molecular formula is C18H19F3N2O4. The van der Waals surface area contributed by atoms with Crippen LogP contribution in [0.3, 0.4) is 0 Å². The van der Waals surface area contributed by atoms with E-state index >= 15 is 0 Å². The van der Waals surface area contributed by atoms with Crippen molar-refractivity contribution < 1.29 is 32.9 Å². The number of alkyl halides is 3. The number of hydrogen-bond donors (Lipinski definition) is 4. The quantitative estimate of drug-likeness (QED) is 0.573. The molecule has 0 aliphatic carbocycles. The summed E-state index contributed by atoms with van der Waals surface area (Å²) in [4.78, 5) is 11.6. The summed E-state index contributed by atoms with van der Waals surface area (Å²) in [5, 5.41) is 22.3. The van der Waals surface area contributed by atoms with Crippen molar-refractivity contribution in [1.29, 1.82) is 0 Å². The van der Waals surface area contributed by atoms with Gasteiger partial charge in [0.25, 0.3) is 0 Å². The third-order valence-corrected chi connectivity index (χ3v) is 3.76.